The summed E-state index contributed by atoms with van der Waals surface area (Å²) in [7, 11) is 0. The van der Waals surface area contributed by atoms with Gasteiger partial charge >= 0.3 is 6.18 Å². The minimum Gasteiger partial charge on any atom is -0.349 e. The highest BCUT2D eigenvalue weighted by atomic mass is 35.5. The van der Waals surface area contributed by atoms with Gasteiger partial charge in [-0.2, -0.15) is 13.2 Å². The van der Waals surface area contributed by atoms with Gasteiger partial charge in [0.2, 0.25) is 5.91 Å². The van der Waals surface area contributed by atoms with Gasteiger partial charge < -0.3 is 9.88 Å². The third-order valence-electron chi connectivity index (χ3n) is 4.47. The van der Waals surface area contributed by atoms with Crippen molar-refractivity contribution >= 4 is 17.5 Å². The highest BCUT2D eigenvalue weighted by Gasteiger charge is 2.42. The van der Waals surface area contributed by atoms with Crippen LogP contribution >= 0.6 is 11.6 Å². The molecule has 1 atom stereocenters. The summed E-state index contributed by atoms with van der Waals surface area (Å²) >= 11 is 5.91. The molecule has 3 rings (SSSR count). The average molecular weight is 387 g/mol. The summed E-state index contributed by atoms with van der Waals surface area (Å²) in [5.74, 6) is -0.732. The summed E-state index contributed by atoms with van der Waals surface area (Å²) < 4.78 is 40.1. The van der Waals surface area contributed by atoms with E-state index in [1.54, 1.807) is 16.7 Å². The number of carbonyl (C=O) groups is 1. The second kappa shape index (κ2) is 7.65. The molecule has 1 N–H and O–H groups in total. The van der Waals surface area contributed by atoms with E-state index in [1.807, 2.05) is 12.1 Å². The van der Waals surface area contributed by atoms with E-state index < -0.39 is 12.1 Å². The van der Waals surface area contributed by atoms with E-state index in [0.29, 0.717) is 23.1 Å². The van der Waals surface area contributed by atoms with E-state index in [0.717, 1.165) is 5.56 Å². The molecule has 26 heavy (non-hydrogen) atoms. The Morgan fingerprint density at radius 3 is 2.88 bits per heavy atom. The Bertz CT molecular complexity index is 791. The van der Waals surface area contributed by atoms with E-state index in [1.165, 1.54) is 0 Å². The van der Waals surface area contributed by atoms with Crippen molar-refractivity contribution in [1.29, 1.82) is 0 Å². The summed E-state index contributed by atoms with van der Waals surface area (Å²) in [5.41, 5.74) is 0.964. The molecule has 9 heteroatoms. The zero-order chi connectivity index (χ0) is 18.7. The summed E-state index contributed by atoms with van der Waals surface area (Å²) in [5, 5.41) is 11.1. The molecule has 1 aromatic carbocycles. The molecule has 0 saturated carbocycles. The molecular weight excluding hydrogens is 369 g/mol. The van der Waals surface area contributed by atoms with Crippen molar-refractivity contribution in [3.8, 4) is 0 Å². The second-order valence-electron chi connectivity index (χ2n) is 6.32. The number of benzene rings is 1. The number of amides is 1. The average Bonchev–Trinajstić information content (AvgIpc) is 3.00. The number of halogens is 4. The maximum atomic E-state index is 12.8. The first-order chi connectivity index (χ1) is 12.3. The Morgan fingerprint density at radius 1 is 1.35 bits per heavy atom. The molecule has 1 amide bonds. The Hall–Kier alpha value is -2.09. The fourth-order valence-corrected chi connectivity index (χ4v) is 3.23. The van der Waals surface area contributed by atoms with Crippen LogP contribution in [0.1, 0.15) is 30.1 Å². The highest BCUT2D eigenvalue weighted by Crippen LogP contribution is 2.34. The number of alkyl halides is 3. The first-order valence-corrected chi connectivity index (χ1v) is 8.69. The van der Waals surface area contributed by atoms with Gasteiger partial charge in [0.1, 0.15) is 5.82 Å². The van der Waals surface area contributed by atoms with Gasteiger partial charge in [0.25, 0.3) is 0 Å². The summed E-state index contributed by atoms with van der Waals surface area (Å²) in [6, 6.07) is 7.29. The third-order valence-corrected chi connectivity index (χ3v) is 4.71. The van der Waals surface area contributed by atoms with Crippen molar-refractivity contribution < 1.29 is 18.0 Å². The first-order valence-electron chi connectivity index (χ1n) is 8.32. The SMILES string of the molecule is O=C(CCc1cccc(Cl)c1)NCc1nnc2n1CC[C@@H](C(F)(F)F)C2. The molecule has 5 nitrogen and oxygen atoms in total. The van der Waals surface area contributed by atoms with Crippen molar-refractivity contribution in [2.24, 2.45) is 5.92 Å². The maximum absolute atomic E-state index is 12.8. The van der Waals surface area contributed by atoms with Crippen molar-refractivity contribution in [2.45, 2.75) is 44.9 Å². The molecule has 1 aromatic heterocycles. The van der Waals surface area contributed by atoms with Crippen LogP contribution in [-0.2, 0) is 30.7 Å². The number of rotatable bonds is 5. The molecule has 0 fully saturated rings. The van der Waals surface area contributed by atoms with Gasteiger partial charge in [-0.05, 0) is 30.5 Å². The molecule has 0 spiro atoms. The zero-order valence-electron chi connectivity index (χ0n) is 13.9. The molecule has 0 bridgehead atoms. The van der Waals surface area contributed by atoms with Crippen LogP contribution in [0, 0.1) is 5.92 Å². The Morgan fingerprint density at radius 2 is 2.15 bits per heavy atom. The maximum Gasteiger partial charge on any atom is 0.392 e. The fraction of sp³-hybridized carbons (Fsp3) is 0.471. The van der Waals surface area contributed by atoms with E-state index in [4.69, 9.17) is 11.6 Å². The van der Waals surface area contributed by atoms with Crippen molar-refractivity contribution in [3.05, 3.63) is 46.5 Å². The minimum atomic E-state index is -4.22. The summed E-state index contributed by atoms with van der Waals surface area (Å²) in [4.78, 5) is 12.0. The Labute approximate surface area is 153 Å². The van der Waals surface area contributed by atoms with Gasteiger partial charge in [0.05, 0.1) is 12.5 Å². The van der Waals surface area contributed by atoms with Crippen LogP contribution in [0.25, 0.3) is 0 Å². The molecule has 0 aliphatic carbocycles. The van der Waals surface area contributed by atoms with Gasteiger partial charge in [-0.3, -0.25) is 4.79 Å². The molecular formula is C17H18ClF3N4O. The topological polar surface area (TPSA) is 59.8 Å². The number of nitrogens with one attached hydrogen (secondary N) is 1. The summed E-state index contributed by atoms with van der Waals surface area (Å²) in [6.07, 6.45) is -3.54. The van der Waals surface area contributed by atoms with E-state index in [-0.39, 0.29) is 38.3 Å². The molecule has 1 aliphatic rings. The fourth-order valence-electron chi connectivity index (χ4n) is 3.02. The van der Waals surface area contributed by atoms with Crippen LogP contribution in [0.3, 0.4) is 0 Å². The number of fused-ring (bicyclic) bond motifs is 1. The van der Waals surface area contributed by atoms with E-state index in [2.05, 4.69) is 15.5 Å². The predicted molar refractivity (Wildman–Crippen MR) is 89.5 cm³/mol. The number of hydrogen-bond donors (Lipinski definition) is 1. The van der Waals surface area contributed by atoms with E-state index >= 15 is 0 Å². The molecule has 0 saturated heterocycles. The Kier molecular flexibility index (Phi) is 5.50. The smallest absolute Gasteiger partial charge is 0.349 e. The number of hydrogen-bond acceptors (Lipinski definition) is 3. The lowest BCUT2D eigenvalue weighted by Gasteiger charge is -2.25. The Balaban J connectivity index is 1.51. The highest BCUT2D eigenvalue weighted by molar-refractivity contribution is 6.30. The lowest BCUT2D eigenvalue weighted by Crippen LogP contribution is -2.32. The monoisotopic (exact) mass is 386 g/mol. The van der Waals surface area contributed by atoms with Crippen LogP contribution < -0.4 is 5.32 Å². The molecule has 140 valence electrons. The molecule has 1 aliphatic heterocycles. The van der Waals surface area contributed by atoms with Crippen molar-refractivity contribution in [1.82, 2.24) is 20.1 Å². The van der Waals surface area contributed by atoms with Gasteiger partial charge in [-0.1, -0.05) is 23.7 Å². The minimum absolute atomic E-state index is 0.00422. The first kappa shape index (κ1) is 18.7. The molecule has 0 unspecified atom stereocenters. The largest absolute Gasteiger partial charge is 0.392 e. The van der Waals surface area contributed by atoms with Crippen LogP contribution in [-0.4, -0.2) is 26.8 Å². The number of aromatic nitrogens is 3. The van der Waals surface area contributed by atoms with Crippen molar-refractivity contribution in [2.75, 3.05) is 0 Å². The lowest BCUT2D eigenvalue weighted by molar-refractivity contribution is -0.179. The van der Waals surface area contributed by atoms with Crippen LogP contribution in [0.5, 0.6) is 0 Å². The van der Waals surface area contributed by atoms with Gasteiger partial charge in [0, 0.05) is 24.4 Å². The molecule has 2 heterocycles. The number of nitrogens with zero attached hydrogens (tertiary/aromatic N) is 3. The van der Waals surface area contributed by atoms with Gasteiger partial charge in [0.15, 0.2) is 5.82 Å². The summed E-state index contributed by atoms with van der Waals surface area (Å²) in [6.45, 7) is 0.359. The van der Waals surface area contributed by atoms with Crippen LogP contribution in [0.15, 0.2) is 24.3 Å². The van der Waals surface area contributed by atoms with Crippen molar-refractivity contribution in [3.63, 3.8) is 0 Å². The van der Waals surface area contributed by atoms with E-state index in [9.17, 15) is 18.0 Å². The standard InChI is InChI=1S/C17H18ClF3N4O/c18-13-3-1-2-11(8-13)4-5-16(26)22-10-15-24-23-14-9-12(17(19,20)21)6-7-25(14)15/h1-3,8,12H,4-7,9-10H2,(H,22,26)/t12-/m1/s1. The molecule has 2 aromatic rings. The lowest BCUT2D eigenvalue weighted by atomic mass is 9.97. The second-order valence-corrected chi connectivity index (χ2v) is 6.76. The number of carbonyl (C=O) groups excluding carboxylic acids is 1. The quantitative estimate of drug-likeness (QED) is 0.857. The predicted octanol–water partition coefficient (Wildman–Crippen LogP) is 3.31. The van der Waals surface area contributed by atoms with Gasteiger partial charge in [-0.25, -0.2) is 0 Å². The normalized spacial score (nSPS) is 17.0. The third kappa shape index (κ3) is 4.55. The molecule has 0 radical (unpaired) electrons. The van der Waals surface area contributed by atoms with Gasteiger partial charge in [-0.15, -0.1) is 10.2 Å². The zero-order valence-corrected chi connectivity index (χ0v) is 14.6. The van der Waals surface area contributed by atoms with Crippen LogP contribution in [0.2, 0.25) is 5.02 Å². The van der Waals surface area contributed by atoms with Crippen LogP contribution in [0.4, 0.5) is 13.2 Å². The number of aryl methyl sites for hydroxylation is 1.